The van der Waals surface area contributed by atoms with Crippen LogP contribution in [0, 0.1) is 0 Å². The third-order valence-electron chi connectivity index (χ3n) is 6.79. The minimum atomic E-state index is -1.20. The van der Waals surface area contributed by atoms with Crippen LogP contribution in [0.4, 0.5) is 0 Å². The van der Waals surface area contributed by atoms with Gasteiger partial charge in [0.1, 0.15) is 11.2 Å². The number of aromatic nitrogens is 2. The fourth-order valence-corrected chi connectivity index (χ4v) is 4.86. The van der Waals surface area contributed by atoms with Gasteiger partial charge in [0.2, 0.25) is 5.91 Å². The van der Waals surface area contributed by atoms with Gasteiger partial charge in [-0.15, -0.1) is 0 Å². The Labute approximate surface area is 204 Å². The largest absolute Gasteiger partial charge is 0.493 e. The van der Waals surface area contributed by atoms with Gasteiger partial charge in [0.25, 0.3) is 5.91 Å². The van der Waals surface area contributed by atoms with Crippen molar-refractivity contribution in [3.8, 4) is 11.5 Å². The van der Waals surface area contributed by atoms with Crippen molar-refractivity contribution in [2.24, 2.45) is 0 Å². The zero-order chi connectivity index (χ0) is 25.2. The molecule has 1 aliphatic carbocycles. The second-order valence-electron chi connectivity index (χ2n) is 9.10. The van der Waals surface area contributed by atoms with Gasteiger partial charge >= 0.3 is 5.97 Å². The van der Waals surface area contributed by atoms with E-state index in [1.807, 2.05) is 13.0 Å². The van der Waals surface area contributed by atoms with E-state index in [2.05, 4.69) is 10.3 Å². The molecule has 2 aliphatic rings. The number of ether oxygens (including phenoxy) is 3. The summed E-state index contributed by atoms with van der Waals surface area (Å²) in [4.78, 5) is 45.4. The molecule has 188 valence electrons. The Hall–Kier alpha value is -3.56. The maximum atomic E-state index is 13.8. The average molecular weight is 485 g/mol. The number of carbonyl (C=O) groups excluding carboxylic acids is 3. The predicted molar refractivity (Wildman–Crippen MR) is 126 cm³/mol. The molecule has 0 spiro atoms. The van der Waals surface area contributed by atoms with Gasteiger partial charge in [-0.2, -0.15) is 0 Å². The first kappa shape index (κ1) is 24.6. The highest BCUT2D eigenvalue weighted by molar-refractivity contribution is 6.06. The number of amides is 2. The molecule has 10 heteroatoms. The fraction of sp³-hybridized carbons (Fsp3) is 0.520. The van der Waals surface area contributed by atoms with E-state index >= 15 is 0 Å². The summed E-state index contributed by atoms with van der Waals surface area (Å²) in [6.45, 7) is 4.41. The first-order valence-electron chi connectivity index (χ1n) is 11.9. The highest BCUT2D eigenvalue weighted by atomic mass is 16.5. The Morgan fingerprint density at radius 3 is 2.60 bits per heavy atom. The molecule has 1 fully saturated rings. The van der Waals surface area contributed by atoms with E-state index in [1.54, 1.807) is 30.7 Å². The van der Waals surface area contributed by atoms with E-state index in [-0.39, 0.29) is 36.4 Å². The van der Waals surface area contributed by atoms with Crippen LogP contribution >= 0.6 is 0 Å². The van der Waals surface area contributed by atoms with E-state index in [0.29, 0.717) is 18.1 Å². The lowest BCUT2D eigenvalue weighted by molar-refractivity contribution is -0.134. The van der Waals surface area contributed by atoms with Crippen molar-refractivity contribution < 1.29 is 28.6 Å². The maximum Gasteiger partial charge on any atom is 0.359 e. The van der Waals surface area contributed by atoms with Crippen LogP contribution < -0.4 is 14.8 Å². The van der Waals surface area contributed by atoms with Crippen LogP contribution in [0.15, 0.2) is 24.5 Å². The van der Waals surface area contributed by atoms with Gasteiger partial charge in [0.15, 0.2) is 17.2 Å². The normalized spacial score (nSPS) is 19.9. The lowest BCUT2D eigenvalue weighted by Gasteiger charge is -2.44. The zero-order valence-corrected chi connectivity index (χ0v) is 20.6. The number of nitrogens with one attached hydrogen (secondary N) is 1. The number of nitrogens with zero attached hydrogens (tertiary/aromatic N) is 3. The fourth-order valence-electron chi connectivity index (χ4n) is 4.86. The number of hydrogen-bond acceptors (Lipinski definition) is 7. The summed E-state index contributed by atoms with van der Waals surface area (Å²) >= 11 is 0. The van der Waals surface area contributed by atoms with Gasteiger partial charge in [-0.25, -0.2) is 9.78 Å². The van der Waals surface area contributed by atoms with Gasteiger partial charge in [-0.3, -0.25) is 9.59 Å². The molecule has 1 saturated carbocycles. The molecule has 0 unspecified atom stereocenters. The van der Waals surface area contributed by atoms with E-state index in [9.17, 15) is 14.4 Å². The molecule has 0 bridgehead atoms. The van der Waals surface area contributed by atoms with Crippen molar-refractivity contribution in [3.63, 3.8) is 0 Å². The quantitative estimate of drug-likeness (QED) is 0.573. The van der Waals surface area contributed by atoms with Gasteiger partial charge < -0.3 is 29.0 Å². The Balaban J connectivity index is 1.72. The van der Waals surface area contributed by atoms with E-state index in [0.717, 1.165) is 31.2 Å². The smallest absolute Gasteiger partial charge is 0.359 e. The molecule has 10 nitrogen and oxygen atoms in total. The molecule has 0 saturated heterocycles. The molecule has 2 aromatic rings. The van der Waals surface area contributed by atoms with Crippen molar-refractivity contribution in [2.45, 2.75) is 64.2 Å². The number of fused-ring (bicyclic) bond motifs is 1. The topological polar surface area (TPSA) is 112 Å². The van der Waals surface area contributed by atoms with Crippen LogP contribution in [0.3, 0.4) is 0 Å². The molecule has 1 aromatic heterocycles. The Kier molecular flexibility index (Phi) is 7.00. The Morgan fingerprint density at radius 1 is 1.20 bits per heavy atom. The number of methoxy groups -OCH3 is 2. The number of hydrogen-bond donors (Lipinski definition) is 1. The molecule has 1 aromatic carbocycles. The van der Waals surface area contributed by atoms with Crippen molar-refractivity contribution >= 4 is 17.8 Å². The molecule has 2 heterocycles. The summed E-state index contributed by atoms with van der Waals surface area (Å²) in [5, 5.41) is 3.14. The molecule has 1 N–H and O–H groups in total. The van der Waals surface area contributed by atoms with Crippen LogP contribution in [0.1, 0.15) is 66.1 Å². The van der Waals surface area contributed by atoms with Crippen molar-refractivity contribution in [2.75, 3.05) is 20.8 Å². The van der Waals surface area contributed by atoms with Crippen LogP contribution in [0.25, 0.3) is 0 Å². The first-order chi connectivity index (χ1) is 16.8. The summed E-state index contributed by atoms with van der Waals surface area (Å²) in [6.07, 6.45) is 5.41. The predicted octanol–water partition coefficient (Wildman–Crippen LogP) is 2.55. The number of carbonyl (C=O) groups is 3. The number of rotatable bonds is 8. The molecule has 0 radical (unpaired) electrons. The average Bonchev–Trinajstić information content (AvgIpc) is 3.52. The summed E-state index contributed by atoms with van der Waals surface area (Å²) in [5.74, 6) is -0.266. The van der Waals surface area contributed by atoms with Crippen molar-refractivity contribution in [1.82, 2.24) is 19.8 Å². The van der Waals surface area contributed by atoms with E-state index in [1.165, 1.54) is 18.3 Å². The van der Waals surface area contributed by atoms with Gasteiger partial charge in [-0.1, -0.05) is 18.9 Å². The molecular weight excluding hydrogens is 452 g/mol. The molecule has 1 atom stereocenters. The lowest BCUT2D eigenvalue weighted by atomic mass is 9.93. The summed E-state index contributed by atoms with van der Waals surface area (Å²) in [7, 11) is 2.79. The second-order valence-corrected chi connectivity index (χ2v) is 9.10. The van der Waals surface area contributed by atoms with Crippen LogP contribution in [-0.4, -0.2) is 64.6 Å². The zero-order valence-electron chi connectivity index (χ0n) is 20.6. The summed E-state index contributed by atoms with van der Waals surface area (Å²) < 4.78 is 17.5. The molecule has 2 amide bonds. The minimum Gasteiger partial charge on any atom is -0.493 e. The highest BCUT2D eigenvalue weighted by Crippen LogP contribution is 2.34. The standard InChI is InChI=1S/C25H32N4O6/c1-5-35-18-11-10-16(12-19(18)33-3)13-29-22(30)21-20(23(31)34-4)26-15-28(21)14-25(29,2)24(32)27-17-8-6-7-9-17/h10-12,15,17H,5-9,13-14H2,1-4H3,(H,27,32)/t25-/m0/s1. The van der Waals surface area contributed by atoms with Gasteiger partial charge in [0, 0.05) is 12.6 Å². The van der Waals surface area contributed by atoms with Crippen LogP contribution in [0.2, 0.25) is 0 Å². The van der Waals surface area contributed by atoms with Crippen LogP contribution in [-0.2, 0) is 22.6 Å². The number of imidazole rings is 1. The highest BCUT2D eigenvalue weighted by Gasteiger charge is 2.49. The summed E-state index contributed by atoms with van der Waals surface area (Å²) in [5.41, 5.74) is -0.399. The van der Waals surface area contributed by atoms with Crippen LogP contribution in [0.5, 0.6) is 11.5 Å². The SMILES string of the molecule is CCOc1ccc(CN2C(=O)c3c(C(=O)OC)ncn3C[C@@]2(C)C(=O)NC2CCCC2)cc1OC. The molecule has 4 rings (SSSR count). The van der Waals surface area contributed by atoms with E-state index < -0.39 is 17.4 Å². The lowest BCUT2D eigenvalue weighted by Crippen LogP contribution is -2.64. The van der Waals surface area contributed by atoms with E-state index in [4.69, 9.17) is 14.2 Å². The number of benzene rings is 1. The third kappa shape index (κ3) is 4.56. The van der Waals surface area contributed by atoms with Gasteiger partial charge in [0.05, 0.1) is 33.7 Å². The van der Waals surface area contributed by atoms with Crippen molar-refractivity contribution in [3.05, 3.63) is 41.5 Å². The Morgan fingerprint density at radius 2 is 1.94 bits per heavy atom. The summed E-state index contributed by atoms with van der Waals surface area (Å²) in [6, 6.07) is 5.51. The molecular formula is C25H32N4O6. The minimum absolute atomic E-state index is 0.0648. The third-order valence-corrected chi connectivity index (χ3v) is 6.79. The monoisotopic (exact) mass is 484 g/mol. The molecule has 35 heavy (non-hydrogen) atoms. The number of esters is 1. The maximum absolute atomic E-state index is 13.8. The Bertz CT molecular complexity index is 1120. The first-order valence-corrected chi connectivity index (χ1v) is 11.9. The second kappa shape index (κ2) is 9.97. The molecule has 1 aliphatic heterocycles. The van der Waals surface area contributed by atoms with Crippen molar-refractivity contribution in [1.29, 1.82) is 0 Å². The van der Waals surface area contributed by atoms with Gasteiger partial charge in [-0.05, 0) is 44.4 Å².